The summed E-state index contributed by atoms with van der Waals surface area (Å²) in [4.78, 5) is 28.6. The second-order valence-electron chi connectivity index (χ2n) is 5.53. The minimum Gasteiger partial charge on any atom is -0.422 e. The Labute approximate surface area is 141 Å². The van der Waals surface area contributed by atoms with Gasteiger partial charge >= 0.3 is 5.63 Å². The van der Waals surface area contributed by atoms with E-state index in [1.54, 1.807) is 29.3 Å². The summed E-state index contributed by atoms with van der Waals surface area (Å²) in [5, 5.41) is 0.743. The first-order valence-electron chi connectivity index (χ1n) is 7.57. The molecule has 3 heterocycles. The Morgan fingerprint density at radius 1 is 1.17 bits per heavy atom. The van der Waals surface area contributed by atoms with Gasteiger partial charge in [0, 0.05) is 31.6 Å². The van der Waals surface area contributed by atoms with Crippen LogP contribution >= 0.6 is 11.7 Å². The molecule has 0 atom stereocenters. The molecular formula is C16H14N4O3S. The minimum atomic E-state index is -0.593. The number of hydrogen-bond donors (Lipinski definition) is 0. The monoisotopic (exact) mass is 342 g/mol. The molecule has 2 aromatic heterocycles. The SMILES string of the molecule is O=C(c1cc2ccccc2oc1=O)N1CCN(c2cnsn2)CC1. The molecule has 0 spiro atoms. The molecule has 4 rings (SSSR count). The first-order valence-corrected chi connectivity index (χ1v) is 8.30. The van der Waals surface area contributed by atoms with Gasteiger partial charge < -0.3 is 14.2 Å². The number of benzene rings is 1. The van der Waals surface area contributed by atoms with Crippen LogP contribution < -0.4 is 10.5 Å². The van der Waals surface area contributed by atoms with Gasteiger partial charge in [-0.15, -0.1) is 0 Å². The van der Waals surface area contributed by atoms with Crippen LogP contribution in [0.5, 0.6) is 0 Å². The predicted molar refractivity (Wildman–Crippen MR) is 90.5 cm³/mol. The smallest absolute Gasteiger partial charge is 0.349 e. The Bertz CT molecular complexity index is 930. The molecule has 0 radical (unpaired) electrons. The van der Waals surface area contributed by atoms with Crippen LogP contribution in [0.15, 0.2) is 45.7 Å². The van der Waals surface area contributed by atoms with Gasteiger partial charge in [-0.2, -0.15) is 8.75 Å². The fourth-order valence-corrected chi connectivity index (χ4v) is 3.25. The molecule has 1 fully saturated rings. The van der Waals surface area contributed by atoms with E-state index in [9.17, 15) is 9.59 Å². The molecule has 0 bridgehead atoms. The van der Waals surface area contributed by atoms with Crippen LogP contribution in [0.25, 0.3) is 11.0 Å². The summed E-state index contributed by atoms with van der Waals surface area (Å²) in [5.41, 5.74) is -0.0257. The van der Waals surface area contributed by atoms with Crippen molar-refractivity contribution in [2.75, 3.05) is 31.1 Å². The fraction of sp³-hybridized carbons (Fsp3) is 0.250. The zero-order chi connectivity index (χ0) is 16.5. The van der Waals surface area contributed by atoms with Gasteiger partial charge in [0.15, 0.2) is 5.82 Å². The van der Waals surface area contributed by atoms with Gasteiger partial charge in [-0.3, -0.25) is 4.79 Å². The molecule has 8 heteroatoms. The van der Waals surface area contributed by atoms with Crippen molar-refractivity contribution in [2.45, 2.75) is 0 Å². The van der Waals surface area contributed by atoms with Gasteiger partial charge in [0.05, 0.1) is 17.9 Å². The topological polar surface area (TPSA) is 79.5 Å². The summed E-state index contributed by atoms with van der Waals surface area (Å²) < 4.78 is 13.5. The molecular weight excluding hydrogens is 328 g/mol. The number of carbonyl (C=O) groups excluding carboxylic acids is 1. The first-order chi connectivity index (χ1) is 11.7. The van der Waals surface area contributed by atoms with Crippen molar-refractivity contribution in [1.82, 2.24) is 13.6 Å². The molecule has 1 aliphatic rings. The Kier molecular flexibility index (Phi) is 3.73. The van der Waals surface area contributed by atoms with E-state index in [2.05, 4.69) is 13.6 Å². The van der Waals surface area contributed by atoms with Crippen molar-refractivity contribution in [3.05, 3.63) is 52.5 Å². The van der Waals surface area contributed by atoms with E-state index < -0.39 is 5.63 Å². The molecule has 7 nitrogen and oxygen atoms in total. The second-order valence-corrected chi connectivity index (χ2v) is 6.09. The van der Waals surface area contributed by atoms with Gasteiger partial charge in [-0.05, 0) is 12.1 Å². The summed E-state index contributed by atoms with van der Waals surface area (Å²) >= 11 is 1.16. The van der Waals surface area contributed by atoms with Crippen LogP contribution in [0, 0.1) is 0 Å². The number of fused-ring (bicyclic) bond motifs is 1. The van der Waals surface area contributed by atoms with Crippen molar-refractivity contribution in [1.29, 1.82) is 0 Å². The van der Waals surface area contributed by atoms with Gasteiger partial charge in [0.2, 0.25) is 0 Å². The highest BCUT2D eigenvalue weighted by Crippen LogP contribution is 2.17. The van der Waals surface area contributed by atoms with Crippen molar-refractivity contribution in [3.8, 4) is 0 Å². The molecule has 122 valence electrons. The summed E-state index contributed by atoms with van der Waals surface area (Å²) in [6.45, 7) is 2.39. The Hall–Kier alpha value is -2.74. The second kappa shape index (κ2) is 6.04. The fourth-order valence-electron chi connectivity index (χ4n) is 2.82. The lowest BCUT2D eigenvalue weighted by atomic mass is 10.1. The van der Waals surface area contributed by atoms with Gasteiger partial charge in [-0.1, -0.05) is 18.2 Å². The van der Waals surface area contributed by atoms with Crippen molar-refractivity contribution in [3.63, 3.8) is 0 Å². The Balaban J connectivity index is 1.54. The van der Waals surface area contributed by atoms with Gasteiger partial charge in [0.1, 0.15) is 11.1 Å². The Morgan fingerprint density at radius 3 is 2.71 bits per heavy atom. The molecule has 24 heavy (non-hydrogen) atoms. The highest BCUT2D eigenvalue weighted by Gasteiger charge is 2.25. The lowest BCUT2D eigenvalue weighted by molar-refractivity contribution is 0.0742. The maximum atomic E-state index is 12.7. The summed E-state index contributed by atoms with van der Waals surface area (Å²) in [6, 6.07) is 8.78. The molecule has 1 aliphatic heterocycles. The molecule has 1 amide bonds. The van der Waals surface area contributed by atoms with Crippen molar-refractivity contribution >= 4 is 34.4 Å². The number of anilines is 1. The molecule has 0 saturated carbocycles. The average molecular weight is 342 g/mol. The summed E-state index contributed by atoms with van der Waals surface area (Å²) in [6.07, 6.45) is 1.72. The number of hydrogen-bond acceptors (Lipinski definition) is 7. The number of carbonyl (C=O) groups is 1. The van der Waals surface area contributed by atoms with E-state index >= 15 is 0 Å². The number of amides is 1. The lowest BCUT2D eigenvalue weighted by Gasteiger charge is -2.34. The third kappa shape index (κ3) is 2.65. The van der Waals surface area contributed by atoms with Crippen LogP contribution in [-0.4, -0.2) is 45.7 Å². The van der Waals surface area contributed by atoms with Crippen LogP contribution in [0.1, 0.15) is 10.4 Å². The molecule has 3 aromatic rings. The largest absolute Gasteiger partial charge is 0.422 e. The Morgan fingerprint density at radius 2 is 1.96 bits per heavy atom. The third-order valence-corrected chi connectivity index (χ3v) is 4.58. The molecule has 0 aliphatic carbocycles. The number of aromatic nitrogens is 2. The standard InChI is InChI=1S/C16H14N4O3S/c21-15(12-9-11-3-1-2-4-13(11)23-16(12)22)20-7-5-19(6-8-20)14-10-17-24-18-14/h1-4,9-10H,5-8H2. The number of para-hydroxylation sites is 1. The zero-order valence-corrected chi connectivity index (χ0v) is 13.5. The summed E-state index contributed by atoms with van der Waals surface area (Å²) in [7, 11) is 0. The molecule has 1 saturated heterocycles. The quantitative estimate of drug-likeness (QED) is 0.658. The average Bonchev–Trinajstić information content (AvgIpc) is 3.15. The maximum Gasteiger partial charge on any atom is 0.349 e. The van der Waals surface area contributed by atoms with Gasteiger partial charge in [-0.25, -0.2) is 4.79 Å². The zero-order valence-electron chi connectivity index (χ0n) is 12.7. The number of rotatable bonds is 2. The highest BCUT2D eigenvalue weighted by atomic mass is 32.1. The lowest BCUT2D eigenvalue weighted by Crippen LogP contribution is -2.49. The predicted octanol–water partition coefficient (Wildman–Crippen LogP) is 1.61. The van der Waals surface area contributed by atoms with Crippen LogP contribution in [0.3, 0.4) is 0 Å². The van der Waals surface area contributed by atoms with E-state index in [0.29, 0.717) is 31.8 Å². The van der Waals surface area contributed by atoms with Crippen LogP contribution in [0.4, 0.5) is 5.82 Å². The number of nitrogens with zero attached hydrogens (tertiary/aromatic N) is 4. The normalized spacial score (nSPS) is 15.0. The van der Waals surface area contributed by atoms with Gasteiger partial charge in [0.25, 0.3) is 5.91 Å². The molecule has 0 unspecified atom stereocenters. The van der Waals surface area contributed by atoms with Crippen molar-refractivity contribution in [2.24, 2.45) is 0 Å². The molecule has 1 aromatic carbocycles. The molecule has 0 N–H and O–H groups in total. The van der Waals surface area contributed by atoms with E-state index in [1.807, 2.05) is 12.1 Å². The van der Waals surface area contributed by atoms with Crippen molar-refractivity contribution < 1.29 is 9.21 Å². The van der Waals surface area contributed by atoms with E-state index in [4.69, 9.17) is 4.42 Å². The third-order valence-electron chi connectivity index (χ3n) is 4.11. The highest BCUT2D eigenvalue weighted by molar-refractivity contribution is 6.99. The van der Waals surface area contributed by atoms with Crippen LogP contribution in [0.2, 0.25) is 0 Å². The maximum absolute atomic E-state index is 12.7. The minimum absolute atomic E-state index is 0.0810. The summed E-state index contributed by atoms with van der Waals surface area (Å²) in [5.74, 6) is 0.544. The van der Waals surface area contributed by atoms with E-state index in [0.717, 1.165) is 22.9 Å². The van der Waals surface area contributed by atoms with Crippen LogP contribution in [-0.2, 0) is 0 Å². The first kappa shape index (κ1) is 14.8. The van der Waals surface area contributed by atoms with E-state index in [1.165, 1.54) is 0 Å². The number of piperazine rings is 1. The van der Waals surface area contributed by atoms with E-state index in [-0.39, 0.29) is 11.5 Å².